The maximum absolute atomic E-state index is 15.0. The van der Waals surface area contributed by atoms with Crippen molar-refractivity contribution < 1.29 is 18.0 Å². The molecule has 0 saturated carbocycles. The van der Waals surface area contributed by atoms with Gasteiger partial charge in [0.2, 0.25) is 0 Å². The molecular formula is C24H20F3N5O2. The Balaban J connectivity index is 1.39. The molecule has 0 fully saturated rings. The van der Waals surface area contributed by atoms with Gasteiger partial charge >= 0.3 is 0 Å². The predicted molar refractivity (Wildman–Crippen MR) is 121 cm³/mol. The third-order valence-corrected chi connectivity index (χ3v) is 5.97. The molecule has 10 heteroatoms. The smallest absolute Gasteiger partial charge is 0.272 e. The number of amides is 1. The molecule has 34 heavy (non-hydrogen) atoms. The number of aromatic amines is 1. The fraction of sp³-hybridized carbons (Fsp3) is 0.208. The fourth-order valence-electron chi connectivity index (χ4n) is 4.27. The molecule has 1 amide bonds. The molecule has 5 rings (SSSR count). The highest BCUT2D eigenvalue weighted by Gasteiger charge is 2.25. The SMILES string of the molecule is CNC(=O)c1ccc(C2=CCN(Cc3cc4[nH]c(=O)c5cc(F)cn5c4cc3F)CC2F)cn1. The van der Waals surface area contributed by atoms with Crippen molar-refractivity contribution in [1.29, 1.82) is 0 Å². The monoisotopic (exact) mass is 467 g/mol. The number of fused-ring (bicyclic) bond motifs is 3. The van der Waals surface area contributed by atoms with E-state index < -0.39 is 23.4 Å². The van der Waals surface area contributed by atoms with Crippen molar-refractivity contribution in [3.8, 4) is 0 Å². The van der Waals surface area contributed by atoms with Crippen molar-refractivity contribution in [2.45, 2.75) is 12.7 Å². The van der Waals surface area contributed by atoms with Gasteiger partial charge in [0.25, 0.3) is 11.5 Å². The van der Waals surface area contributed by atoms with E-state index >= 15 is 0 Å². The van der Waals surface area contributed by atoms with Crippen LogP contribution in [-0.2, 0) is 6.54 Å². The zero-order valence-corrected chi connectivity index (χ0v) is 18.1. The summed E-state index contributed by atoms with van der Waals surface area (Å²) in [7, 11) is 1.50. The van der Waals surface area contributed by atoms with Crippen LogP contribution in [0.5, 0.6) is 0 Å². The summed E-state index contributed by atoms with van der Waals surface area (Å²) in [6.45, 7) is 0.543. The summed E-state index contributed by atoms with van der Waals surface area (Å²) in [4.78, 5) is 32.4. The predicted octanol–water partition coefficient (Wildman–Crippen LogP) is 3.05. The number of carbonyl (C=O) groups excluding carboxylic acids is 1. The minimum Gasteiger partial charge on any atom is -0.354 e. The molecule has 7 nitrogen and oxygen atoms in total. The molecule has 1 unspecified atom stereocenters. The van der Waals surface area contributed by atoms with E-state index in [4.69, 9.17) is 0 Å². The number of hydrogen-bond donors (Lipinski definition) is 2. The summed E-state index contributed by atoms with van der Waals surface area (Å²) in [6, 6.07) is 7.01. The average Bonchev–Trinajstić information content (AvgIpc) is 3.22. The van der Waals surface area contributed by atoms with Crippen LogP contribution in [0.1, 0.15) is 21.6 Å². The first-order chi connectivity index (χ1) is 16.3. The maximum Gasteiger partial charge on any atom is 0.272 e. The zero-order chi connectivity index (χ0) is 24.0. The van der Waals surface area contributed by atoms with E-state index in [2.05, 4.69) is 15.3 Å². The second-order valence-corrected chi connectivity index (χ2v) is 8.16. The lowest BCUT2D eigenvalue weighted by Gasteiger charge is -2.29. The van der Waals surface area contributed by atoms with Crippen LogP contribution < -0.4 is 10.9 Å². The van der Waals surface area contributed by atoms with E-state index in [1.807, 2.05) is 0 Å². The lowest BCUT2D eigenvalue weighted by Crippen LogP contribution is -2.35. The van der Waals surface area contributed by atoms with Gasteiger partial charge in [-0.1, -0.05) is 12.1 Å². The van der Waals surface area contributed by atoms with E-state index in [-0.39, 0.29) is 35.8 Å². The van der Waals surface area contributed by atoms with Gasteiger partial charge in [-0.15, -0.1) is 0 Å². The van der Waals surface area contributed by atoms with Crippen molar-refractivity contribution in [2.24, 2.45) is 0 Å². The largest absolute Gasteiger partial charge is 0.354 e. The van der Waals surface area contributed by atoms with Gasteiger partial charge in [-0.2, -0.15) is 0 Å². The Morgan fingerprint density at radius 2 is 2.06 bits per heavy atom. The summed E-state index contributed by atoms with van der Waals surface area (Å²) in [6.07, 6.45) is 2.99. The highest BCUT2D eigenvalue weighted by atomic mass is 19.1. The second kappa shape index (κ2) is 8.45. The number of halogens is 3. The number of nitrogens with zero attached hydrogens (tertiary/aromatic N) is 3. The molecule has 1 aliphatic heterocycles. The quantitative estimate of drug-likeness (QED) is 0.484. The van der Waals surface area contributed by atoms with Crippen LogP contribution in [0.15, 0.2) is 53.6 Å². The van der Waals surface area contributed by atoms with Crippen LogP contribution in [0.4, 0.5) is 13.2 Å². The van der Waals surface area contributed by atoms with Gasteiger partial charge in [-0.3, -0.25) is 19.5 Å². The minimum absolute atomic E-state index is 0.0406. The summed E-state index contributed by atoms with van der Waals surface area (Å²) in [5.74, 6) is -1.45. The highest BCUT2D eigenvalue weighted by molar-refractivity contribution is 5.92. The Morgan fingerprint density at radius 3 is 2.76 bits per heavy atom. The van der Waals surface area contributed by atoms with Crippen LogP contribution >= 0.6 is 0 Å². The molecule has 0 aliphatic carbocycles. The summed E-state index contributed by atoms with van der Waals surface area (Å²) >= 11 is 0. The van der Waals surface area contributed by atoms with Crippen LogP contribution in [0.2, 0.25) is 0 Å². The molecule has 1 atom stereocenters. The zero-order valence-electron chi connectivity index (χ0n) is 18.1. The molecule has 0 saturated heterocycles. The number of alkyl halides is 1. The van der Waals surface area contributed by atoms with Crippen LogP contribution in [0, 0.1) is 11.6 Å². The van der Waals surface area contributed by atoms with E-state index in [1.165, 1.54) is 35.8 Å². The lowest BCUT2D eigenvalue weighted by molar-refractivity contribution is 0.0958. The first-order valence-corrected chi connectivity index (χ1v) is 10.6. The molecule has 1 aliphatic rings. The number of carbonyl (C=O) groups is 1. The number of benzene rings is 1. The number of H-pyrrole nitrogens is 1. The molecule has 4 aromatic rings. The molecule has 174 valence electrons. The molecule has 2 N–H and O–H groups in total. The number of rotatable bonds is 4. The van der Waals surface area contributed by atoms with Crippen molar-refractivity contribution >= 4 is 28.0 Å². The van der Waals surface area contributed by atoms with Crippen molar-refractivity contribution in [2.75, 3.05) is 20.1 Å². The van der Waals surface area contributed by atoms with E-state index in [1.54, 1.807) is 17.0 Å². The Kier molecular flexibility index (Phi) is 5.45. The number of hydrogen-bond acceptors (Lipinski definition) is 4. The minimum atomic E-state index is -1.33. The maximum atomic E-state index is 15.0. The van der Waals surface area contributed by atoms with Crippen molar-refractivity contribution in [1.82, 2.24) is 24.6 Å². The van der Waals surface area contributed by atoms with Gasteiger partial charge in [0, 0.05) is 56.8 Å². The Labute approximate surface area is 191 Å². The van der Waals surface area contributed by atoms with Gasteiger partial charge < -0.3 is 14.7 Å². The van der Waals surface area contributed by atoms with Crippen molar-refractivity contribution in [3.63, 3.8) is 0 Å². The van der Waals surface area contributed by atoms with Gasteiger partial charge in [0.15, 0.2) is 0 Å². The molecule has 0 radical (unpaired) electrons. The second-order valence-electron chi connectivity index (χ2n) is 8.16. The van der Waals surface area contributed by atoms with Crippen LogP contribution in [0.3, 0.4) is 0 Å². The Hall–Kier alpha value is -3.92. The van der Waals surface area contributed by atoms with Crippen molar-refractivity contribution in [3.05, 3.63) is 87.6 Å². The van der Waals surface area contributed by atoms with Gasteiger partial charge in [-0.25, -0.2) is 13.2 Å². The Morgan fingerprint density at radius 1 is 1.24 bits per heavy atom. The van der Waals surface area contributed by atoms with Gasteiger partial charge in [0.1, 0.15) is 29.0 Å². The normalized spacial score (nSPS) is 16.7. The van der Waals surface area contributed by atoms with Gasteiger partial charge in [-0.05, 0) is 23.3 Å². The highest BCUT2D eigenvalue weighted by Crippen LogP contribution is 2.27. The third-order valence-electron chi connectivity index (χ3n) is 5.97. The molecule has 3 aromatic heterocycles. The average molecular weight is 467 g/mol. The fourth-order valence-corrected chi connectivity index (χ4v) is 4.27. The summed E-state index contributed by atoms with van der Waals surface area (Å²) in [5, 5.41) is 2.48. The molecule has 0 spiro atoms. The van der Waals surface area contributed by atoms with E-state index in [0.717, 1.165) is 12.3 Å². The topological polar surface area (TPSA) is 82.5 Å². The number of nitrogens with one attached hydrogen (secondary N) is 2. The molecule has 4 heterocycles. The van der Waals surface area contributed by atoms with E-state index in [0.29, 0.717) is 28.7 Å². The Bertz CT molecular complexity index is 1510. The standard InChI is InChI=1S/C24H20F3N5O2/c1-28-23(33)19-3-2-13(9-29-19)16-4-5-31(12-18(16)27)10-14-6-20-21(8-17(14)26)32-11-15(25)7-22(32)24(34)30-20/h2-4,6-9,11,18H,5,10,12H2,1H3,(H,28,33)(H,30,34). The van der Waals surface area contributed by atoms with Gasteiger partial charge in [0.05, 0.1) is 11.0 Å². The molecule has 1 aromatic carbocycles. The van der Waals surface area contributed by atoms with Crippen LogP contribution in [0.25, 0.3) is 22.1 Å². The third kappa shape index (κ3) is 3.86. The molecular weight excluding hydrogens is 447 g/mol. The van der Waals surface area contributed by atoms with E-state index in [9.17, 15) is 22.8 Å². The molecule has 0 bridgehead atoms. The summed E-state index contributed by atoms with van der Waals surface area (Å²) in [5.41, 5.74) is 1.86. The number of pyridine rings is 1. The first-order valence-electron chi connectivity index (χ1n) is 10.6. The lowest BCUT2D eigenvalue weighted by atomic mass is 9.98. The summed E-state index contributed by atoms with van der Waals surface area (Å²) < 4.78 is 44.9. The van der Waals surface area contributed by atoms with Crippen LogP contribution in [-0.4, -0.2) is 51.5 Å². The number of aromatic nitrogens is 3. The first kappa shape index (κ1) is 21.9.